The number of ether oxygens (including phenoxy) is 3. The molecule has 0 atom stereocenters. The van der Waals surface area contributed by atoms with Gasteiger partial charge in [0.1, 0.15) is 11.5 Å². The maximum absolute atomic E-state index is 6.20. The topological polar surface area (TPSA) is 66.6 Å². The SMILES string of the molecule is Cc1ccc(C)c(OCc2nnc(SCc3cc(Cl)cc4c3OCOC4)o2)c1. The minimum absolute atomic E-state index is 0.227. The molecule has 0 spiro atoms. The zero-order valence-electron chi connectivity index (χ0n) is 15.5. The van der Waals surface area contributed by atoms with E-state index in [1.165, 1.54) is 11.8 Å². The van der Waals surface area contributed by atoms with E-state index >= 15 is 0 Å². The molecule has 28 heavy (non-hydrogen) atoms. The van der Waals surface area contributed by atoms with Crippen LogP contribution in [0.3, 0.4) is 0 Å². The molecule has 2 heterocycles. The molecular formula is C20H19ClN2O4S. The number of hydrogen-bond donors (Lipinski definition) is 0. The van der Waals surface area contributed by atoms with E-state index in [0.717, 1.165) is 33.8 Å². The first-order valence-corrected chi connectivity index (χ1v) is 10.1. The molecule has 0 aliphatic carbocycles. The molecule has 0 saturated carbocycles. The Hall–Kier alpha value is -2.22. The summed E-state index contributed by atoms with van der Waals surface area (Å²) < 4.78 is 22.4. The summed E-state index contributed by atoms with van der Waals surface area (Å²) in [5.74, 6) is 2.67. The van der Waals surface area contributed by atoms with Crippen LogP contribution in [0.2, 0.25) is 5.02 Å². The minimum Gasteiger partial charge on any atom is -0.484 e. The lowest BCUT2D eigenvalue weighted by molar-refractivity contribution is -0.0168. The van der Waals surface area contributed by atoms with Gasteiger partial charge in [-0.25, -0.2) is 0 Å². The van der Waals surface area contributed by atoms with E-state index in [4.69, 9.17) is 30.2 Å². The fourth-order valence-corrected chi connectivity index (χ4v) is 3.87. The zero-order chi connectivity index (χ0) is 19.5. The normalized spacial score (nSPS) is 13.1. The summed E-state index contributed by atoms with van der Waals surface area (Å²) in [6.07, 6.45) is 0. The van der Waals surface area contributed by atoms with Crippen LogP contribution in [0.15, 0.2) is 40.0 Å². The second-order valence-corrected chi connectivity index (χ2v) is 7.83. The van der Waals surface area contributed by atoms with Gasteiger partial charge in [0.25, 0.3) is 11.1 Å². The van der Waals surface area contributed by atoms with E-state index in [2.05, 4.69) is 10.2 Å². The van der Waals surface area contributed by atoms with E-state index < -0.39 is 0 Å². The summed E-state index contributed by atoms with van der Waals surface area (Å²) in [5, 5.41) is 9.27. The van der Waals surface area contributed by atoms with Crippen molar-refractivity contribution in [2.75, 3.05) is 6.79 Å². The van der Waals surface area contributed by atoms with Crippen LogP contribution in [0.25, 0.3) is 0 Å². The van der Waals surface area contributed by atoms with Gasteiger partial charge >= 0.3 is 0 Å². The monoisotopic (exact) mass is 418 g/mol. The van der Waals surface area contributed by atoms with Crippen molar-refractivity contribution in [1.82, 2.24) is 10.2 Å². The van der Waals surface area contributed by atoms with Gasteiger partial charge in [-0.05, 0) is 43.2 Å². The summed E-state index contributed by atoms with van der Waals surface area (Å²) in [6.45, 7) is 4.99. The molecule has 0 fully saturated rings. The van der Waals surface area contributed by atoms with E-state index in [1.807, 2.05) is 44.2 Å². The van der Waals surface area contributed by atoms with Crippen LogP contribution in [0.1, 0.15) is 28.1 Å². The van der Waals surface area contributed by atoms with Gasteiger partial charge in [-0.3, -0.25) is 0 Å². The summed E-state index contributed by atoms with van der Waals surface area (Å²) in [7, 11) is 0. The molecule has 0 bridgehead atoms. The number of rotatable bonds is 6. The van der Waals surface area contributed by atoms with Crippen molar-refractivity contribution >= 4 is 23.4 Å². The molecule has 2 aromatic carbocycles. The molecule has 0 radical (unpaired) electrons. The predicted molar refractivity (Wildman–Crippen MR) is 106 cm³/mol. The summed E-state index contributed by atoms with van der Waals surface area (Å²) in [6, 6.07) is 9.82. The number of hydrogen-bond acceptors (Lipinski definition) is 7. The third kappa shape index (κ3) is 4.43. The van der Waals surface area contributed by atoms with Crippen molar-refractivity contribution in [3.8, 4) is 11.5 Å². The molecule has 0 saturated heterocycles. The highest BCUT2D eigenvalue weighted by molar-refractivity contribution is 7.98. The van der Waals surface area contributed by atoms with Crippen molar-refractivity contribution in [2.24, 2.45) is 0 Å². The number of fused-ring (bicyclic) bond motifs is 1. The molecule has 146 valence electrons. The lowest BCUT2D eigenvalue weighted by atomic mass is 10.1. The number of benzene rings is 2. The van der Waals surface area contributed by atoms with Gasteiger partial charge in [0.15, 0.2) is 13.4 Å². The highest BCUT2D eigenvalue weighted by Gasteiger charge is 2.18. The second kappa shape index (κ2) is 8.43. The average Bonchev–Trinajstić information content (AvgIpc) is 3.14. The highest BCUT2D eigenvalue weighted by Crippen LogP contribution is 2.35. The molecule has 4 rings (SSSR count). The second-order valence-electron chi connectivity index (χ2n) is 6.47. The molecule has 0 amide bonds. The largest absolute Gasteiger partial charge is 0.484 e. The molecule has 3 aromatic rings. The molecule has 0 N–H and O–H groups in total. The van der Waals surface area contributed by atoms with Crippen molar-refractivity contribution in [1.29, 1.82) is 0 Å². The fraction of sp³-hybridized carbons (Fsp3) is 0.300. The molecule has 1 aliphatic heterocycles. The molecule has 1 aromatic heterocycles. The van der Waals surface area contributed by atoms with Gasteiger partial charge in [0.05, 0.1) is 6.61 Å². The van der Waals surface area contributed by atoms with Crippen LogP contribution in [-0.4, -0.2) is 17.0 Å². The number of thioether (sulfide) groups is 1. The Balaban J connectivity index is 1.39. The van der Waals surface area contributed by atoms with Crippen molar-refractivity contribution in [3.63, 3.8) is 0 Å². The van der Waals surface area contributed by atoms with Gasteiger partial charge in [0.2, 0.25) is 0 Å². The molecule has 6 nitrogen and oxygen atoms in total. The maximum atomic E-state index is 6.20. The Kier molecular flexibility index (Phi) is 5.75. The standard InChI is InChI=1S/C20H19ClN2O4S/c1-12-3-4-13(2)17(5-12)25-9-18-22-23-20(27-18)28-10-15-7-16(21)6-14-8-24-11-26-19(14)15/h3-7H,8-11H2,1-2H3. The van der Waals surface area contributed by atoms with Gasteiger partial charge in [-0.15, -0.1) is 10.2 Å². The van der Waals surface area contributed by atoms with E-state index in [0.29, 0.717) is 28.5 Å². The molecule has 8 heteroatoms. The molecule has 1 aliphatic rings. The minimum atomic E-state index is 0.227. The van der Waals surface area contributed by atoms with E-state index in [9.17, 15) is 0 Å². The number of halogens is 1. The predicted octanol–water partition coefficient (Wildman–Crippen LogP) is 5.08. The van der Waals surface area contributed by atoms with Crippen molar-refractivity contribution < 1.29 is 18.6 Å². The Morgan fingerprint density at radius 2 is 2.07 bits per heavy atom. The van der Waals surface area contributed by atoms with E-state index in [-0.39, 0.29) is 13.4 Å². The smallest absolute Gasteiger partial charge is 0.277 e. The van der Waals surface area contributed by atoms with Crippen LogP contribution in [0.5, 0.6) is 11.5 Å². The third-order valence-corrected chi connectivity index (χ3v) is 5.33. The quantitative estimate of drug-likeness (QED) is 0.517. The lowest BCUT2D eigenvalue weighted by Crippen LogP contribution is -2.12. The van der Waals surface area contributed by atoms with Crippen LogP contribution in [0.4, 0.5) is 0 Å². The molecule has 0 unspecified atom stereocenters. The Morgan fingerprint density at radius 3 is 2.96 bits per heavy atom. The first-order chi connectivity index (χ1) is 13.6. The van der Waals surface area contributed by atoms with E-state index in [1.54, 1.807) is 0 Å². The Morgan fingerprint density at radius 1 is 1.18 bits per heavy atom. The number of aromatic nitrogens is 2. The van der Waals surface area contributed by atoms with Gasteiger partial charge < -0.3 is 18.6 Å². The van der Waals surface area contributed by atoms with Crippen molar-refractivity contribution in [3.05, 3.63) is 63.5 Å². The maximum Gasteiger partial charge on any atom is 0.277 e. The molecular weight excluding hydrogens is 400 g/mol. The van der Waals surface area contributed by atoms with Crippen LogP contribution < -0.4 is 9.47 Å². The Bertz CT molecular complexity index is 992. The first kappa shape index (κ1) is 19.1. The van der Waals surface area contributed by atoms with Crippen LogP contribution in [-0.2, 0) is 23.7 Å². The summed E-state index contributed by atoms with van der Waals surface area (Å²) >= 11 is 7.63. The van der Waals surface area contributed by atoms with Gasteiger partial charge in [-0.2, -0.15) is 0 Å². The fourth-order valence-electron chi connectivity index (χ4n) is 2.86. The van der Waals surface area contributed by atoms with Crippen molar-refractivity contribution in [2.45, 2.75) is 38.0 Å². The zero-order valence-corrected chi connectivity index (χ0v) is 17.1. The average molecular weight is 419 g/mol. The Labute approximate surface area is 172 Å². The van der Waals surface area contributed by atoms with Gasteiger partial charge in [-0.1, -0.05) is 35.5 Å². The highest BCUT2D eigenvalue weighted by atomic mass is 35.5. The lowest BCUT2D eigenvalue weighted by Gasteiger charge is -2.20. The number of aryl methyl sites for hydroxylation is 2. The number of nitrogens with zero attached hydrogens (tertiary/aromatic N) is 2. The van der Waals surface area contributed by atoms with Gasteiger partial charge in [0, 0.05) is 21.9 Å². The van der Waals surface area contributed by atoms with Crippen LogP contribution >= 0.6 is 23.4 Å². The summed E-state index contributed by atoms with van der Waals surface area (Å²) in [5.41, 5.74) is 4.12. The summed E-state index contributed by atoms with van der Waals surface area (Å²) in [4.78, 5) is 0. The first-order valence-electron chi connectivity index (χ1n) is 8.75. The van der Waals surface area contributed by atoms with Crippen LogP contribution in [0, 0.1) is 13.8 Å². The third-order valence-electron chi connectivity index (χ3n) is 4.25.